The van der Waals surface area contributed by atoms with Crippen LogP contribution in [0.15, 0.2) is 116 Å². The Kier molecular flexibility index (Phi) is 4.28. The van der Waals surface area contributed by atoms with Crippen LogP contribution >= 0.6 is 0 Å². The van der Waals surface area contributed by atoms with Crippen LogP contribution in [0.5, 0.6) is 0 Å². The summed E-state index contributed by atoms with van der Waals surface area (Å²) in [5, 5.41) is 20.7. The summed E-state index contributed by atoms with van der Waals surface area (Å²) in [6.07, 6.45) is 7.24. The zero-order valence-electron chi connectivity index (χ0n) is 24.1. The van der Waals surface area contributed by atoms with E-state index in [2.05, 4.69) is 68.7 Å². The predicted octanol–water partition coefficient (Wildman–Crippen LogP) is 8.82. The molecular formula is C39H19N7. The van der Waals surface area contributed by atoms with Crippen molar-refractivity contribution in [2.75, 3.05) is 0 Å². The second-order valence-electron chi connectivity index (χ2n) is 11.8. The van der Waals surface area contributed by atoms with Crippen LogP contribution in [-0.2, 0) is 0 Å². The van der Waals surface area contributed by atoms with E-state index in [9.17, 15) is 5.26 Å². The van der Waals surface area contributed by atoms with Crippen molar-refractivity contribution in [1.82, 2.24) is 29.1 Å². The summed E-state index contributed by atoms with van der Waals surface area (Å²) in [4.78, 5) is 18.8. The first kappa shape index (κ1) is 23.8. The van der Waals surface area contributed by atoms with E-state index in [1.165, 1.54) is 0 Å². The average molecular weight is 586 g/mol. The van der Waals surface area contributed by atoms with E-state index >= 15 is 0 Å². The van der Waals surface area contributed by atoms with Gasteiger partial charge in [0.05, 0.1) is 50.0 Å². The minimum atomic E-state index is 0.584. The number of hydrogen-bond donors (Lipinski definition) is 0. The molecule has 46 heavy (non-hydrogen) atoms. The Morgan fingerprint density at radius 2 is 1.02 bits per heavy atom. The number of benzene rings is 6. The van der Waals surface area contributed by atoms with Crippen LogP contribution in [0.2, 0.25) is 0 Å². The minimum Gasteiger partial charge on any atom is -0.308 e. The number of hydrogen-bond acceptors (Lipinski definition) is 5. The minimum absolute atomic E-state index is 0.584. The Bertz CT molecular complexity index is 2730. The summed E-state index contributed by atoms with van der Waals surface area (Å²) in [7, 11) is 0. The second kappa shape index (κ2) is 8.29. The molecule has 11 aromatic rings. The monoisotopic (exact) mass is 585 g/mol. The molecule has 0 aliphatic rings. The summed E-state index contributed by atoms with van der Waals surface area (Å²) in [6, 6.07) is 33.9. The van der Waals surface area contributed by atoms with E-state index in [4.69, 9.17) is 15.0 Å². The van der Waals surface area contributed by atoms with Gasteiger partial charge in [0, 0.05) is 61.7 Å². The molecule has 5 aromatic heterocycles. The van der Waals surface area contributed by atoms with Crippen molar-refractivity contribution in [3.8, 4) is 17.4 Å². The summed E-state index contributed by atoms with van der Waals surface area (Å²) >= 11 is 0. The largest absolute Gasteiger partial charge is 0.308 e. The standard InChI is InChI=1S/C39H19N7/c40-18-25-27(45-29-12-3-8-21-26-19-41-20-44-37(26)24-9-4-13-30(45)34(24)33(21)29)10-5-11-28(25)46-31-14-16-42-38-22-6-1-2-7-23(22)39-36(35(31)38)32(46)15-17-43-39/h1-17,19-20H. The number of fused-ring (bicyclic) bond motifs is 6. The molecule has 0 amide bonds. The number of nitriles is 1. The Morgan fingerprint density at radius 1 is 0.478 bits per heavy atom. The van der Waals surface area contributed by atoms with Gasteiger partial charge in [-0.15, -0.1) is 0 Å². The van der Waals surface area contributed by atoms with Crippen molar-refractivity contribution in [2.45, 2.75) is 0 Å². The molecule has 7 heteroatoms. The number of nitrogens with zero attached hydrogens (tertiary/aromatic N) is 7. The molecule has 0 aliphatic heterocycles. The molecule has 6 aromatic carbocycles. The molecule has 7 nitrogen and oxygen atoms in total. The average Bonchev–Trinajstić information content (AvgIpc) is 3.64. The summed E-state index contributed by atoms with van der Waals surface area (Å²) in [5.41, 5.74) is 9.09. The second-order valence-corrected chi connectivity index (χ2v) is 11.8. The van der Waals surface area contributed by atoms with Crippen molar-refractivity contribution in [3.63, 3.8) is 0 Å². The maximum Gasteiger partial charge on any atom is 0.116 e. The third-order valence-electron chi connectivity index (χ3n) is 9.72. The van der Waals surface area contributed by atoms with Crippen molar-refractivity contribution < 1.29 is 0 Å². The lowest BCUT2D eigenvalue weighted by molar-refractivity contribution is 1.12. The van der Waals surface area contributed by atoms with Gasteiger partial charge in [0.15, 0.2) is 0 Å². The highest BCUT2D eigenvalue weighted by Gasteiger charge is 2.25. The van der Waals surface area contributed by atoms with Crippen LogP contribution in [0, 0.1) is 11.3 Å². The highest BCUT2D eigenvalue weighted by molar-refractivity contribution is 6.34. The molecule has 0 atom stereocenters. The molecule has 0 aliphatic carbocycles. The normalized spacial score (nSPS) is 12.3. The third kappa shape index (κ3) is 2.69. The summed E-state index contributed by atoms with van der Waals surface area (Å²) in [5.74, 6) is 0. The zero-order valence-corrected chi connectivity index (χ0v) is 24.1. The molecule has 0 saturated heterocycles. The van der Waals surface area contributed by atoms with E-state index in [-0.39, 0.29) is 0 Å². The maximum absolute atomic E-state index is 11.0. The topological polar surface area (TPSA) is 85.2 Å². The fourth-order valence-electron chi connectivity index (χ4n) is 8.01. The third-order valence-corrected chi connectivity index (χ3v) is 9.72. The van der Waals surface area contributed by atoms with Crippen molar-refractivity contribution in [1.29, 1.82) is 5.26 Å². The molecule has 0 saturated carbocycles. The van der Waals surface area contributed by atoms with Crippen molar-refractivity contribution in [3.05, 3.63) is 121 Å². The maximum atomic E-state index is 11.0. The molecule has 210 valence electrons. The Morgan fingerprint density at radius 3 is 1.65 bits per heavy atom. The van der Waals surface area contributed by atoms with Crippen LogP contribution in [0.1, 0.15) is 5.56 Å². The first-order valence-electron chi connectivity index (χ1n) is 15.1. The van der Waals surface area contributed by atoms with Gasteiger partial charge in [-0.2, -0.15) is 5.26 Å². The Labute approximate surface area is 259 Å². The summed E-state index contributed by atoms with van der Waals surface area (Å²) in [6.45, 7) is 0. The SMILES string of the molecule is N#Cc1c(-n2c3cccc4c5cncnc5c5cccc2c5c43)cccc1-n1c2ccnc3c4ccccc4c4nccc1c4c32. The fourth-order valence-corrected chi connectivity index (χ4v) is 8.01. The van der Waals surface area contributed by atoms with Crippen LogP contribution in [0.4, 0.5) is 0 Å². The lowest BCUT2D eigenvalue weighted by atomic mass is 9.98. The first-order valence-corrected chi connectivity index (χ1v) is 15.1. The number of pyridine rings is 2. The van der Waals surface area contributed by atoms with Crippen molar-refractivity contribution in [2.24, 2.45) is 0 Å². The lowest BCUT2D eigenvalue weighted by Crippen LogP contribution is -2.04. The van der Waals surface area contributed by atoms with Gasteiger partial charge in [-0.25, -0.2) is 9.97 Å². The molecule has 0 spiro atoms. The van der Waals surface area contributed by atoms with Crippen LogP contribution < -0.4 is 0 Å². The van der Waals surface area contributed by atoms with Crippen LogP contribution in [0.3, 0.4) is 0 Å². The van der Waals surface area contributed by atoms with Gasteiger partial charge >= 0.3 is 0 Å². The predicted molar refractivity (Wildman–Crippen MR) is 183 cm³/mol. The van der Waals surface area contributed by atoms with Crippen molar-refractivity contribution >= 4 is 87.1 Å². The molecular weight excluding hydrogens is 566 g/mol. The van der Waals surface area contributed by atoms with Gasteiger partial charge in [0.1, 0.15) is 18.0 Å². The van der Waals surface area contributed by atoms with E-state index in [0.717, 1.165) is 98.5 Å². The Hall–Kier alpha value is -6.65. The van der Waals surface area contributed by atoms with E-state index < -0.39 is 0 Å². The molecule has 0 unspecified atom stereocenters. The molecule has 5 heterocycles. The molecule has 0 bridgehead atoms. The number of rotatable bonds is 2. The molecule has 11 rings (SSSR count). The van der Waals surface area contributed by atoms with Gasteiger partial charge in [0.2, 0.25) is 0 Å². The summed E-state index contributed by atoms with van der Waals surface area (Å²) < 4.78 is 4.45. The number of aromatic nitrogens is 6. The van der Waals surface area contributed by atoms with E-state index in [1.807, 2.05) is 61.1 Å². The van der Waals surface area contributed by atoms with Gasteiger partial charge in [-0.05, 0) is 41.8 Å². The highest BCUT2D eigenvalue weighted by Crippen LogP contribution is 2.45. The highest BCUT2D eigenvalue weighted by atomic mass is 15.0. The first-order chi connectivity index (χ1) is 22.8. The molecule has 0 fully saturated rings. The van der Waals surface area contributed by atoms with Crippen LogP contribution in [-0.4, -0.2) is 29.1 Å². The lowest BCUT2D eigenvalue weighted by Gasteiger charge is -2.15. The quantitative estimate of drug-likeness (QED) is 0.189. The van der Waals surface area contributed by atoms with Gasteiger partial charge in [0.25, 0.3) is 0 Å². The van der Waals surface area contributed by atoms with Crippen LogP contribution in [0.25, 0.3) is 98.5 Å². The zero-order chi connectivity index (χ0) is 30.1. The van der Waals surface area contributed by atoms with E-state index in [1.54, 1.807) is 6.33 Å². The molecule has 0 radical (unpaired) electrons. The van der Waals surface area contributed by atoms with Gasteiger partial charge < -0.3 is 9.13 Å². The van der Waals surface area contributed by atoms with Gasteiger partial charge in [-0.1, -0.05) is 54.6 Å². The molecule has 0 N–H and O–H groups in total. The smallest absolute Gasteiger partial charge is 0.116 e. The van der Waals surface area contributed by atoms with Gasteiger partial charge in [-0.3, -0.25) is 9.97 Å². The Balaban J connectivity index is 1.30. The van der Waals surface area contributed by atoms with E-state index in [0.29, 0.717) is 5.56 Å². The fraction of sp³-hybridized carbons (Fsp3) is 0.